The van der Waals surface area contributed by atoms with Crippen molar-refractivity contribution < 1.29 is 4.74 Å². The maximum Gasteiger partial charge on any atom is 0.243 e. The first-order valence-electron chi connectivity index (χ1n) is 6.93. The molecule has 2 heterocycles. The molecule has 23 heavy (non-hydrogen) atoms. The molecule has 0 bridgehead atoms. The van der Waals surface area contributed by atoms with Gasteiger partial charge in [-0.2, -0.15) is 0 Å². The van der Waals surface area contributed by atoms with Crippen LogP contribution in [0.5, 0.6) is 5.88 Å². The standard InChI is InChI=1S/C15H16BrN5OS/c1-20-8-12(14(19-20)22-3)13-17-18-15(21(13)2)23-9-10-4-6-11(16)7-5-10/h4-8H,9H2,1-3H3. The van der Waals surface area contributed by atoms with Gasteiger partial charge in [0.15, 0.2) is 11.0 Å². The van der Waals surface area contributed by atoms with Crippen LogP contribution in [0.1, 0.15) is 5.56 Å². The van der Waals surface area contributed by atoms with Gasteiger partial charge in [0.25, 0.3) is 0 Å². The summed E-state index contributed by atoms with van der Waals surface area (Å²) in [6.45, 7) is 0. The normalized spacial score (nSPS) is 11.0. The lowest BCUT2D eigenvalue weighted by atomic mass is 10.2. The van der Waals surface area contributed by atoms with Crippen LogP contribution in [-0.2, 0) is 19.8 Å². The maximum atomic E-state index is 5.30. The van der Waals surface area contributed by atoms with Crippen molar-refractivity contribution >= 4 is 27.7 Å². The Morgan fingerprint density at radius 1 is 1.17 bits per heavy atom. The summed E-state index contributed by atoms with van der Waals surface area (Å²) < 4.78 is 10.0. The van der Waals surface area contributed by atoms with Crippen LogP contribution in [0.25, 0.3) is 11.4 Å². The summed E-state index contributed by atoms with van der Waals surface area (Å²) in [5.74, 6) is 2.13. The number of aromatic nitrogens is 5. The summed E-state index contributed by atoms with van der Waals surface area (Å²) in [5.41, 5.74) is 2.07. The average Bonchev–Trinajstić information content (AvgIpc) is 3.09. The van der Waals surface area contributed by atoms with Gasteiger partial charge in [0.1, 0.15) is 5.56 Å². The van der Waals surface area contributed by atoms with Crippen molar-refractivity contribution in [2.24, 2.45) is 14.1 Å². The van der Waals surface area contributed by atoms with Crippen LogP contribution in [0.15, 0.2) is 40.1 Å². The molecule has 0 aliphatic heterocycles. The predicted octanol–water partition coefficient (Wildman–Crippen LogP) is 3.28. The number of benzene rings is 1. The number of aryl methyl sites for hydroxylation is 1. The third-order valence-corrected chi connectivity index (χ3v) is 4.97. The van der Waals surface area contributed by atoms with Crippen molar-refractivity contribution in [1.82, 2.24) is 24.5 Å². The Morgan fingerprint density at radius 3 is 2.61 bits per heavy atom. The molecule has 0 radical (unpaired) electrons. The van der Waals surface area contributed by atoms with Crippen molar-refractivity contribution in [3.05, 3.63) is 40.5 Å². The molecule has 0 N–H and O–H groups in total. The fourth-order valence-corrected chi connectivity index (χ4v) is 3.31. The molecule has 6 nitrogen and oxygen atoms in total. The van der Waals surface area contributed by atoms with Crippen molar-refractivity contribution in [3.8, 4) is 17.3 Å². The number of nitrogens with zero attached hydrogens (tertiary/aromatic N) is 5. The minimum atomic E-state index is 0.549. The zero-order valence-corrected chi connectivity index (χ0v) is 15.4. The topological polar surface area (TPSA) is 57.8 Å². The van der Waals surface area contributed by atoms with E-state index in [4.69, 9.17) is 4.74 Å². The lowest BCUT2D eigenvalue weighted by Crippen LogP contribution is -1.96. The summed E-state index contributed by atoms with van der Waals surface area (Å²) in [7, 11) is 5.41. The Hall–Kier alpha value is -1.80. The summed E-state index contributed by atoms with van der Waals surface area (Å²) in [6.07, 6.45) is 1.88. The zero-order valence-electron chi connectivity index (χ0n) is 13.0. The van der Waals surface area contributed by atoms with E-state index in [1.165, 1.54) is 5.56 Å². The van der Waals surface area contributed by atoms with Crippen LogP contribution in [-0.4, -0.2) is 31.7 Å². The monoisotopic (exact) mass is 393 g/mol. The quantitative estimate of drug-likeness (QED) is 0.622. The Labute approximate surface area is 147 Å². The lowest BCUT2D eigenvalue weighted by molar-refractivity contribution is 0.393. The van der Waals surface area contributed by atoms with E-state index >= 15 is 0 Å². The fraction of sp³-hybridized carbons (Fsp3) is 0.267. The molecule has 3 rings (SSSR count). The summed E-state index contributed by atoms with van der Waals surface area (Å²) >= 11 is 5.09. The molecule has 0 amide bonds. The van der Waals surface area contributed by atoms with Gasteiger partial charge in [-0.15, -0.1) is 15.3 Å². The fourth-order valence-electron chi connectivity index (χ4n) is 2.18. The first-order chi connectivity index (χ1) is 11.1. The number of thioether (sulfide) groups is 1. The van der Waals surface area contributed by atoms with Crippen LogP contribution in [0, 0.1) is 0 Å². The van der Waals surface area contributed by atoms with Gasteiger partial charge in [-0.25, -0.2) is 0 Å². The van der Waals surface area contributed by atoms with E-state index < -0.39 is 0 Å². The number of ether oxygens (including phenoxy) is 1. The van der Waals surface area contributed by atoms with Gasteiger partial charge >= 0.3 is 0 Å². The molecule has 3 aromatic rings. The molecule has 0 saturated carbocycles. The van der Waals surface area contributed by atoms with Crippen LogP contribution in [0.4, 0.5) is 0 Å². The third kappa shape index (κ3) is 3.42. The van der Waals surface area contributed by atoms with Gasteiger partial charge in [-0.05, 0) is 17.7 Å². The zero-order chi connectivity index (χ0) is 16.4. The highest BCUT2D eigenvalue weighted by Gasteiger charge is 2.18. The van der Waals surface area contributed by atoms with E-state index in [0.717, 1.165) is 26.8 Å². The number of methoxy groups -OCH3 is 1. The van der Waals surface area contributed by atoms with Gasteiger partial charge in [0.05, 0.1) is 7.11 Å². The van der Waals surface area contributed by atoms with Gasteiger partial charge < -0.3 is 9.30 Å². The first kappa shape index (κ1) is 16.1. The molecule has 0 fully saturated rings. The highest BCUT2D eigenvalue weighted by molar-refractivity contribution is 9.10. The lowest BCUT2D eigenvalue weighted by Gasteiger charge is -2.04. The molecular formula is C15H16BrN5OS. The van der Waals surface area contributed by atoms with Gasteiger partial charge in [0, 0.05) is 30.5 Å². The van der Waals surface area contributed by atoms with Crippen LogP contribution >= 0.6 is 27.7 Å². The largest absolute Gasteiger partial charge is 0.479 e. The molecule has 0 aliphatic rings. The van der Waals surface area contributed by atoms with E-state index in [-0.39, 0.29) is 0 Å². The van der Waals surface area contributed by atoms with Crippen molar-refractivity contribution in [2.45, 2.75) is 10.9 Å². The van der Waals surface area contributed by atoms with E-state index in [0.29, 0.717) is 5.88 Å². The van der Waals surface area contributed by atoms with E-state index in [9.17, 15) is 0 Å². The molecule has 0 aliphatic carbocycles. The van der Waals surface area contributed by atoms with E-state index in [2.05, 4.69) is 43.4 Å². The molecular weight excluding hydrogens is 378 g/mol. The second-order valence-electron chi connectivity index (χ2n) is 5.01. The predicted molar refractivity (Wildman–Crippen MR) is 93.5 cm³/mol. The molecule has 1 aromatic carbocycles. The molecule has 0 spiro atoms. The summed E-state index contributed by atoms with van der Waals surface area (Å²) in [5, 5.41) is 13.7. The summed E-state index contributed by atoms with van der Waals surface area (Å²) in [6, 6.07) is 8.27. The Kier molecular flexibility index (Phi) is 4.72. The van der Waals surface area contributed by atoms with Crippen molar-refractivity contribution in [2.75, 3.05) is 7.11 Å². The number of rotatable bonds is 5. The maximum absolute atomic E-state index is 5.30. The van der Waals surface area contributed by atoms with Crippen molar-refractivity contribution in [1.29, 1.82) is 0 Å². The molecule has 0 unspecified atom stereocenters. The van der Waals surface area contributed by atoms with Crippen molar-refractivity contribution in [3.63, 3.8) is 0 Å². The number of halogens is 1. The molecule has 2 aromatic heterocycles. The van der Waals surface area contributed by atoms with Gasteiger partial charge in [-0.3, -0.25) is 4.68 Å². The SMILES string of the molecule is COc1nn(C)cc1-c1nnc(SCc2ccc(Br)cc2)n1C. The third-order valence-electron chi connectivity index (χ3n) is 3.35. The smallest absolute Gasteiger partial charge is 0.243 e. The van der Waals surface area contributed by atoms with Gasteiger partial charge in [0.2, 0.25) is 5.88 Å². The summed E-state index contributed by atoms with van der Waals surface area (Å²) in [4.78, 5) is 0. The van der Waals surface area contributed by atoms with E-state index in [1.54, 1.807) is 23.6 Å². The van der Waals surface area contributed by atoms with Crippen LogP contribution in [0.2, 0.25) is 0 Å². The highest BCUT2D eigenvalue weighted by Crippen LogP contribution is 2.30. The van der Waals surface area contributed by atoms with Crippen LogP contribution in [0.3, 0.4) is 0 Å². The van der Waals surface area contributed by atoms with Crippen LogP contribution < -0.4 is 4.74 Å². The number of hydrogen-bond donors (Lipinski definition) is 0. The second kappa shape index (κ2) is 6.76. The number of hydrogen-bond acceptors (Lipinski definition) is 5. The van der Waals surface area contributed by atoms with E-state index in [1.807, 2.05) is 37.0 Å². The average molecular weight is 394 g/mol. The highest BCUT2D eigenvalue weighted by atomic mass is 79.9. The molecule has 120 valence electrons. The first-order valence-corrected chi connectivity index (χ1v) is 8.71. The molecule has 0 atom stereocenters. The Balaban J connectivity index is 1.80. The minimum absolute atomic E-state index is 0.549. The molecule has 8 heteroatoms. The van der Waals surface area contributed by atoms with Gasteiger partial charge in [-0.1, -0.05) is 39.8 Å². The second-order valence-corrected chi connectivity index (χ2v) is 6.86. The Bertz CT molecular complexity index is 812. The Morgan fingerprint density at radius 2 is 1.91 bits per heavy atom. The minimum Gasteiger partial charge on any atom is -0.479 e. The molecule has 0 saturated heterocycles.